The van der Waals surface area contributed by atoms with Gasteiger partial charge >= 0.3 is 12.1 Å². The Hall–Kier alpha value is -3.10. The van der Waals surface area contributed by atoms with Gasteiger partial charge in [0.25, 0.3) is 0 Å². The first kappa shape index (κ1) is 27.9. The van der Waals surface area contributed by atoms with E-state index in [1.165, 1.54) is 13.2 Å². The molecule has 1 heterocycles. The molecular weight excluding hydrogens is 559 g/mol. The summed E-state index contributed by atoms with van der Waals surface area (Å²) in [7, 11) is 1.41. The van der Waals surface area contributed by atoms with E-state index < -0.39 is 23.8 Å². The Bertz CT molecular complexity index is 1340. The van der Waals surface area contributed by atoms with E-state index in [0.29, 0.717) is 18.5 Å². The van der Waals surface area contributed by atoms with Crippen LogP contribution in [0.15, 0.2) is 60.7 Å². The van der Waals surface area contributed by atoms with Crippen LogP contribution in [0.1, 0.15) is 47.1 Å². The third-order valence-corrected chi connectivity index (χ3v) is 7.65. The van der Waals surface area contributed by atoms with E-state index in [0.717, 1.165) is 41.2 Å². The molecule has 0 amide bonds. The van der Waals surface area contributed by atoms with Gasteiger partial charge in [-0.1, -0.05) is 70.9 Å². The number of ether oxygens (including phenoxy) is 1. The average Bonchev–Trinajstić information content (AvgIpc) is 2.89. The van der Waals surface area contributed by atoms with Crippen molar-refractivity contribution in [2.45, 2.75) is 44.9 Å². The van der Waals surface area contributed by atoms with Crippen LogP contribution in [0.25, 0.3) is 21.7 Å². The zero-order chi connectivity index (χ0) is 27.4. The lowest BCUT2D eigenvalue weighted by molar-refractivity contribution is -0.145. The molecule has 200 valence electrons. The van der Waals surface area contributed by atoms with Gasteiger partial charge in [-0.3, -0.25) is 9.69 Å². The standard InChI is InChI=1S/C30H29BrF3NO3/c1-19-21(11-8-12-23(19)20-9-4-3-5-10-20)16-26(31)24-17-28(38-2)22(15-25(24)30(32,33)34)18-35-14-7-6-13-27(35)29(36)37/h3-5,8-12,15-17,27H,6-7,13-14,18H2,1-2H3,(H,36,37)/b26-16-. The monoisotopic (exact) mass is 587 g/mol. The maximum Gasteiger partial charge on any atom is 0.417 e. The summed E-state index contributed by atoms with van der Waals surface area (Å²) in [5, 5.41) is 9.60. The highest BCUT2D eigenvalue weighted by atomic mass is 79.9. The number of nitrogens with zero attached hydrogens (tertiary/aromatic N) is 1. The lowest BCUT2D eigenvalue weighted by atomic mass is 9.95. The van der Waals surface area contributed by atoms with E-state index in [9.17, 15) is 23.1 Å². The first-order chi connectivity index (χ1) is 18.1. The number of rotatable bonds is 7. The van der Waals surface area contributed by atoms with Crippen LogP contribution in [0.2, 0.25) is 0 Å². The van der Waals surface area contributed by atoms with Crippen molar-refractivity contribution in [3.05, 3.63) is 88.5 Å². The maximum atomic E-state index is 14.3. The Morgan fingerprint density at radius 2 is 1.87 bits per heavy atom. The first-order valence-corrected chi connectivity index (χ1v) is 13.2. The van der Waals surface area contributed by atoms with Crippen molar-refractivity contribution in [1.82, 2.24) is 4.90 Å². The van der Waals surface area contributed by atoms with E-state index in [4.69, 9.17) is 4.74 Å². The molecule has 4 nitrogen and oxygen atoms in total. The van der Waals surface area contributed by atoms with Gasteiger partial charge in [0, 0.05) is 22.2 Å². The number of methoxy groups -OCH3 is 1. The van der Waals surface area contributed by atoms with E-state index in [1.54, 1.807) is 11.0 Å². The van der Waals surface area contributed by atoms with Gasteiger partial charge in [0.05, 0.1) is 12.7 Å². The molecule has 38 heavy (non-hydrogen) atoms. The molecule has 1 N–H and O–H groups in total. The number of hydrogen-bond acceptors (Lipinski definition) is 3. The van der Waals surface area contributed by atoms with Crippen LogP contribution in [-0.4, -0.2) is 35.7 Å². The van der Waals surface area contributed by atoms with E-state index >= 15 is 0 Å². The summed E-state index contributed by atoms with van der Waals surface area (Å²) < 4.78 is 48.7. The quantitative estimate of drug-likeness (QED) is 0.284. The van der Waals surface area contributed by atoms with E-state index in [2.05, 4.69) is 15.9 Å². The second kappa shape index (κ2) is 11.7. The maximum absolute atomic E-state index is 14.3. The number of hydrogen-bond donors (Lipinski definition) is 1. The van der Waals surface area contributed by atoms with Crippen LogP contribution in [0.5, 0.6) is 5.75 Å². The highest BCUT2D eigenvalue weighted by molar-refractivity contribution is 9.15. The van der Waals surface area contributed by atoms with Gasteiger partial charge in [0.2, 0.25) is 0 Å². The molecule has 3 aromatic rings. The number of carboxylic acids is 1. The van der Waals surface area contributed by atoms with Gasteiger partial charge in [-0.25, -0.2) is 0 Å². The zero-order valence-electron chi connectivity index (χ0n) is 21.2. The minimum atomic E-state index is -4.63. The average molecular weight is 588 g/mol. The van der Waals surface area contributed by atoms with Gasteiger partial charge in [0.15, 0.2) is 0 Å². The number of carboxylic acid groups (broad SMARTS) is 1. The number of aliphatic carboxylic acids is 1. The summed E-state index contributed by atoms with van der Waals surface area (Å²) in [4.78, 5) is 13.4. The van der Waals surface area contributed by atoms with Gasteiger partial charge < -0.3 is 9.84 Å². The number of carbonyl (C=O) groups is 1. The Labute approximate surface area is 228 Å². The minimum Gasteiger partial charge on any atom is -0.496 e. The second-order valence-corrected chi connectivity index (χ2v) is 10.3. The summed E-state index contributed by atoms with van der Waals surface area (Å²) in [5.41, 5.74) is 3.20. The fraction of sp³-hybridized carbons (Fsp3) is 0.300. The lowest BCUT2D eigenvalue weighted by Gasteiger charge is -2.33. The summed E-state index contributed by atoms with van der Waals surface area (Å²) in [6.07, 6.45) is -0.891. The topological polar surface area (TPSA) is 49.8 Å². The molecule has 0 spiro atoms. The van der Waals surface area contributed by atoms with Crippen LogP contribution in [-0.2, 0) is 17.5 Å². The van der Waals surface area contributed by atoms with Crippen molar-refractivity contribution in [1.29, 1.82) is 0 Å². The molecule has 0 aliphatic carbocycles. The molecule has 1 aliphatic rings. The SMILES string of the molecule is COc1cc(/C(Br)=C/c2cccc(-c3ccccc3)c2C)c(C(F)(F)F)cc1CN1CCCCC1C(=O)O. The summed E-state index contributed by atoms with van der Waals surface area (Å²) in [5.74, 6) is -0.682. The Kier molecular flexibility index (Phi) is 8.63. The zero-order valence-corrected chi connectivity index (χ0v) is 22.8. The second-order valence-electron chi connectivity index (χ2n) is 9.41. The molecule has 8 heteroatoms. The number of likely N-dealkylation sites (tertiary alicyclic amines) is 1. The Balaban J connectivity index is 1.76. The summed E-state index contributed by atoms with van der Waals surface area (Å²) in [6.45, 7) is 2.51. The number of benzene rings is 3. The molecule has 0 bridgehead atoms. The number of alkyl halides is 3. The van der Waals surface area contributed by atoms with Gasteiger partial charge in [-0.05, 0) is 66.8 Å². The minimum absolute atomic E-state index is 0.0453. The van der Waals surface area contributed by atoms with E-state index in [1.807, 2.05) is 55.5 Å². The highest BCUT2D eigenvalue weighted by Gasteiger charge is 2.36. The molecule has 1 aliphatic heterocycles. The molecule has 1 atom stereocenters. The fourth-order valence-corrected chi connectivity index (χ4v) is 5.58. The van der Waals surface area contributed by atoms with Crippen molar-refractivity contribution in [3.63, 3.8) is 0 Å². The normalized spacial score (nSPS) is 16.9. The third-order valence-electron chi connectivity index (χ3n) is 7.00. The van der Waals surface area contributed by atoms with Gasteiger partial charge in [-0.2, -0.15) is 13.2 Å². The van der Waals surface area contributed by atoms with Gasteiger partial charge in [0.1, 0.15) is 11.8 Å². The van der Waals surface area contributed by atoms with Crippen LogP contribution in [0.4, 0.5) is 13.2 Å². The van der Waals surface area contributed by atoms with Crippen molar-refractivity contribution >= 4 is 32.5 Å². The highest BCUT2D eigenvalue weighted by Crippen LogP contribution is 2.42. The molecule has 1 fully saturated rings. The van der Waals surface area contributed by atoms with Crippen LogP contribution in [0.3, 0.4) is 0 Å². The van der Waals surface area contributed by atoms with Gasteiger partial charge in [-0.15, -0.1) is 0 Å². The van der Waals surface area contributed by atoms with E-state index in [-0.39, 0.29) is 22.3 Å². The third kappa shape index (κ3) is 6.13. The van der Waals surface area contributed by atoms with Crippen molar-refractivity contribution in [2.75, 3.05) is 13.7 Å². The molecule has 3 aromatic carbocycles. The van der Waals surface area contributed by atoms with Crippen molar-refractivity contribution in [3.8, 4) is 16.9 Å². The fourth-order valence-electron chi connectivity index (χ4n) is 5.00. The predicted molar refractivity (Wildman–Crippen MR) is 147 cm³/mol. The molecular formula is C30H29BrF3NO3. The van der Waals surface area contributed by atoms with Crippen LogP contribution < -0.4 is 4.74 Å². The number of piperidine rings is 1. The molecule has 4 rings (SSSR count). The van der Waals surface area contributed by atoms with Crippen LogP contribution >= 0.6 is 15.9 Å². The Morgan fingerprint density at radius 1 is 1.13 bits per heavy atom. The largest absolute Gasteiger partial charge is 0.496 e. The predicted octanol–water partition coefficient (Wildman–Crippen LogP) is 8.02. The summed E-state index contributed by atoms with van der Waals surface area (Å²) >= 11 is 3.41. The lowest BCUT2D eigenvalue weighted by Crippen LogP contribution is -2.44. The first-order valence-electron chi connectivity index (χ1n) is 12.4. The molecule has 1 saturated heterocycles. The Morgan fingerprint density at radius 3 is 2.53 bits per heavy atom. The van der Waals surface area contributed by atoms with Crippen LogP contribution in [0, 0.1) is 6.92 Å². The molecule has 0 saturated carbocycles. The summed E-state index contributed by atoms with van der Waals surface area (Å²) in [6, 6.07) is 17.3. The van der Waals surface area contributed by atoms with Crippen molar-refractivity contribution < 1.29 is 27.8 Å². The molecule has 0 aromatic heterocycles. The molecule has 0 radical (unpaired) electrons. The molecule has 1 unspecified atom stereocenters. The number of halogens is 4. The smallest absolute Gasteiger partial charge is 0.417 e. The van der Waals surface area contributed by atoms with Crippen molar-refractivity contribution in [2.24, 2.45) is 0 Å².